The van der Waals surface area contributed by atoms with Crippen LogP contribution in [0.15, 0.2) is 24.3 Å². The number of para-hydroxylation sites is 1. The summed E-state index contributed by atoms with van der Waals surface area (Å²) in [6, 6.07) is 8.21. The van der Waals surface area contributed by atoms with Crippen LogP contribution in [0.2, 0.25) is 0 Å². The average Bonchev–Trinajstić information content (AvgIpc) is 2.36. The highest BCUT2D eigenvalue weighted by atomic mass is 16.1. The molecule has 0 fully saturated rings. The molecule has 0 aliphatic carbocycles. The van der Waals surface area contributed by atoms with Crippen molar-refractivity contribution in [3.63, 3.8) is 0 Å². The fourth-order valence-corrected chi connectivity index (χ4v) is 1.79. The molecule has 0 radical (unpaired) electrons. The summed E-state index contributed by atoms with van der Waals surface area (Å²) >= 11 is 0. The molecule has 0 aliphatic heterocycles. The summed E-state index contributed by atoms with van der Waals surface area (Å²) in [5.74, 6) is 0.0210. The Hall–Kier alpha value is -1.35. The molecule has 18 heavy (non-hydrogen) atoms. The number of hydrogen-bond acceptors (Lipinski definition) is 2. The molecular weight excluding hydrogens is 224 g/mol. The predicted octanol–water partition coefficient (Wildman–Crippen LogP) is 3.10. The third kappa shape index (κ3) is 5.32. The van der Waals surface area contributed by atoms with Crippen LogP contribution in [-0.4, -0.2) is 18.5 Å². The summed E-state index contributed by atoms with van der Waals surface area (Å²) in [5.41, 5.74) is 1.98. The number of anilines is 1. The lowest BCUT2D eigenvalue weighted by atomic mass is 10.1. The van der Waals surface area contributed by atoms with Gasteiger partial charge in [0.25, 0.3) is 0 Å². The molecule has 1 rings (SSSR count). The fourth-order valence-electron chi connectivity index (χ4n) is 1.79. The summed E-state index contributed by atoms with van der Waals surface area (Å²) < 4.78 is 0. The lowest BCUT2D eigenvalue weighted by Crippen LogP contribution is -2.34. The van der Waals surface area contributed by atoms with E-state index in [-0.39, 0.29) is 5.91 Å². The number of rotatable bonds is 7. The van der Waals surface area contributed by atoms with Gasteiger partial charge in [0.2, 0.25) is 5.91 Å². The predicted molar refractivity (Wildman–Crippen MR) is 76.8 cm³/mol. The summed E-state index contributed by atoms with van der Waals surface area (Å²) in [5, 5.41) is 6.17. The van der Waals surface area contributed by atoms with E-state index in [1.54, 1.807) is 0 Å². The van der Waals surface area contributed by atoms with Crippen molar-refractivity contribution in [1.82, 2.24) is 5.32 Å². The van der Waals surface area contributed by atoms with Crippen molar-refractivity contribution < 1.29 is 4.79 Å². The molecule has 0 spiro atoms. The number of aryl methyl sites for hydroxylation is 1. The standard InChI is InChI=1S/C15H24N2O/c1-4-5-9-13(3)16-11-15(18)17-14-10-7-6-8-12(14)2/h6-8,10,13,16H,4-5,9,11H2,1-3H3,(H,17,18). The molecule has 1 amide bonds. The lowest BCUT2D eigenvalue weighted by molar-refractivity contribution is -0.115. The molecule has 3 nitrogen and oxygen atoms in total. The van der Waals surface area contributed by atoms with Crippen molar-refractivity contribution in [3.8, 4) is 0 Å². The van der Waals surface area contributed by atoms with Gasteiger partial charge in [0.15, 0.2) is 0 Å². The van der Waals surface area contributed by atoms with Gasteiger partial charge >= 0.3 is 0 Å². The maximum atomic E-state index is 11.8. The first-order valence-electron chi connectivity index (χ1n) is 6.72. The average molecular weight is 248 g/mol. The van der Waals surface area contributed by atoms with Crippen LogP contribution in [0.1, 0.15) is 38.7 Å². The summed E-state index contributed by atoms with van der Waals surface area (Å²) in [4.78, 5) is 11.8. The highest BCUT2D eigenvalue weighted by molar-refractivity contribution is 5.92. The molecule has 0 bridgehead atoms. The Bertz CT molecular complexity index is 377. The molecule has 0 saturated carbocycles. The highest BCUT2D eigenvalue weighted by Crippen LogP contribution is 2.12. The van der Waals surface area contributed by atoms with Crippen molar-refractivity contribution in [2.45, 2.75) is 46.1 Å². The number of hydrogen-bond donors (Lipinski definition) is 2. The maximum absolute atomic E-state index is 11.8. The molecule has 1 aromatic rings. The minimum Gasteiger partial charge on any atom is -0.325 e. The molecule has 1 aromatic carbocycles. The normalized spacial score (nSPS) is 12.2. The summed E-state index contributed by atoms with van der Waals surface area (Å²) in [7, 11) is 0. The van der Waals surface area contributed by atoms with Gasteiger partial charge in [-0.2, -0.15) is 0 Å². The van der Waals surface area contributed by atoms with E-state index in [2.05, 4.69) is 24.5 Å². The van der Waals surface area contributed by atoms with E-state index in [0.29, 0.717) is 12.6 Å². The largest absolute Gasteiger partial charge is 0.325 e. The third-order valence-electron chi connectivity index (χ3n) is 3.02. The van der Waals surface area contributed by atoms with E-state index in [0.717, 1.165) is 17.7 Å². The van der Waals surface area contributed by atoms with E-state index in [1.165, 1.54) is 12.8 Å². The zero-order valence-corrected chi connectivity index (χ0v) is 11.6. The SMILES string of the molecule is CCCCC(C)NCC(=O)Nc1ccccc1C. The van der Waals surface area contributed by atoms with E-state index in [4.69, 9.17) is 0 Å². The van der Waals surface area contributed by atoms with Crippen molar-refractivity contribution in [1.29, 1.82) is 0 Å². The molecular formula is C15H24N2O. The highest BCUT2D eigenvalue weighted by Gasteiger charge is 2.06. The molecule has 2 N–H and O–H groups in total. The van der Waals surface area contributed by atoms with Crippen LogP contribution >= 0.6 is 0 Å². The van der Waals surface area contributed by atoms with Gasteiger partial charge in [-0.3, -0.25) is 4.79 Å². The van der Waals surface area contributed by atoms with Crippen LogP contribution in [0.25, 0.3) is 0 Å². The second-order valence-electron chi connectivity index (χ2n) is 4.79. The van der Waals surface area contributed by atoms with Crippen LogP contribution in [0.5, 0.6) is 0 Å². The van der Waals surface area contributed by atoms with Crippen molar-refractivity contribution in [2.24, 2.45) is 0 Å². The minimum atomic E-state index is 0.0210. The Morgan fingerprint density at radius 2 is 2.06 bits per heavy atom. The van der Waals surface area contributed by atoms with E-state index >= 15 is 0 Å². The first kappa shape index (κ1) is 14.7. The number of carbonyl (C=O) groups is 1. The van der Waals surface area contributed by atoms with Gasteiger partial charge in [-0.15, -0.1) is 0 Å². The van der Waals surface area contributed by atoms with Crippen LogP contribution in [0.3, 0.4) is 0 Å². The lowest BCUT2D eigenvalue weighted by Gasteiger charge is -2.13. The molecule has 100 valence electrons. The van der Waals surface area contributed by atoms with Crippen molar-refractivity contribution in [2.75, 3.05) is 11.9 Å². The zero-order valence-electron chi connectivity index (χ0n) is 11.6. The third-order valence-corrected chi connectivity index (χ3v) is 3.02. The van der Waals surface area contributed by atoms with Gasteiger partial charge in [-0.25, -0.2) is 0 Å². The van der Waals surface area contributed by atoms with Crippen LogP contribution in [0.4, 0.5) is 5.69 Å². The number of benzene rings is 1. The van der Waals surface area contributed by atoms with Crippen LogP contribution in [0, 0.1) is 6.92 Å². The second kappa shape index (κ2) is 7.88. The van der Waals surface area contributed by atoms with Gasteiger partial charge in [-0.05, 0) is 31.9 Å². The number of amides is 1. The van der Waals surface area contributed by atoms with Gasteiger partial charge < -0.3 is 10.6 Å². The number of unbranched alkanes of at least 4 members (excludes halogenated alkanes) is 1. The molecule has 3 heteroatoms. The van der Waals surface area contributed by atoms with Crippen LogP contribution < -0.4 is 10.6 Å². The Morgan fingerprint density at radius 3 is 2.72 bits per heavy atom. The molecule has 0 heterocycles. The van der Waals surface area contributed by atoms with Crippen molar-refractivity contribution >= 4 is 11.6 Å². The quantitative estimate of drug-likeness (QED) is 0.778. The topological polar surface area (TPSA) is 41.1 Å². The van der Waals surface area contributed by atoms with Gasteiger partial charge in [0.1, 0.15) is 0 Å². The number of carbonyl (C=O) groups excluding carboxylic acids is 1. The zero-order chi connectivity index (χ0) is 13.4. The van der Waals surface area contributed by atoms with E-state index in [9.17, 15) is 4.79 Å². The smallest absolute Gasteiger partial charge is 0.238 e. The monoisotopic (exact) mass is 248 g/mol. The molecule has 0 aromatic heterocycles. The molecule has 0 saturated heterocycles. The van der Waals surface area contributed by atoms with Gasteiger partial charge in [0, 0.05) is 11.7 Å². The maximum Gasteiger partial charge on any atom is 0.238 e. The molecule has 0 aliphatic rings. The second-order valence-corrected chi connectivity index (χ2v) is 4.79. The number of nitrogens with one attached hydrogen (secondary N) is 2. The first-order chi connectivity index (χ1) is 8.63. The van der Waals surface area contributed by atoms with Gasteiger partial charge in [0.05, 0.1) is 6.54 Å². The Kier molecular flexibility index (Phi) is 6.44. The fraction of sp³-hybridized carbons (Fsp3) is 0.533. The Labute approximate surface area is 110 Å². The minimum absolute atomic E-state index is 0.0210. The van der Waals surface area contributed by atoms with E-state index in [1.807, 2.05) is 31.2 Å². The van der Waals surface area contributed by atoms with Gasteiger partial charge in [-0.1, -0.05) is 38.0 Å². The Morgan fingerprint density at radius 1 is 1.33 bits per heavy atom. The Balaban J connectivity index is 2.32. The van der Waals surface area contributed by atoms with Crippen molar-refractivity contribution in [3.05, 3.63) is 29.8 Å². The first-order valence-corrected chi connectivity index (χ1v) is 6.72. The van der Waals surface area contributed by atoms with Crippen LogP contribution in [-0.2, 0) is 4.79 Å². The summed E-state index contributed by atoms with van der Waals surface area (Å²) in [6.07, 6.45) is 3.52. The summed E-state index contributed by atoms with van der Waals surface area (Å²) in [6.45, 7) is 6.67. The molecule has 1 unspecified atom stereocenters. The van der Waals surface area contributed by atoms with E-state index < -0.39 is 0 Å². The molecule has 1 atom stereocenters.